The zero-order valence-corrected chi connectivity index (χ0v) is 10.3. The highest BCUT2D eigenvalue weighted by molar-refractivity contribution is 9.10. The molecular formula is C10H10BrClO2. The van der Waals surface area contributed by atoms with Crippen LogP contribution in [0.4, 0.5) is 0 Å². The molecule has 0 aliphatic heterocycles. The van der Waals surface area contributed by atoms with Crippen LogP contribution in [-0.2, 0) is 4.74 Å². The van der Waals surface area contributed by atoms with Crippen molar-refractivity contribution in [3.63, 3.8) is 0 Å². The summed E-state index contributed by atoms with van der Waals surface area (Å²) in [6, 6.07) is 3.34. The van der Waals surface area contributed by atoms with Crippen molar-refractivity contribution in [2.75, 3.05) is 6.61 Å². The smallest absolute Gasteiger partial charge is 0.339 e. The molecule has 1 rings (SSSR count). The Bertz CT molecular complexity index is 363. The van der Waals surface area contributed by atoms with Crippen LogP contribution in [0.25, 0.3) is 0 Å². The summed E-state index contributed by atoms with van der Waals surface area (Å²) in [5.41, 5.74) is 1.35. The molecule has 0 aliphatic rings. The van der Waals surface area contributed by atoms with Gasteiger partial charge in [-0.25, -0.2) is 4.79 Å². The van der Waals surface area contributed by atoms with Crippen molar-refractivity contribution >= 4 is 33.5 Å². The van der Waals surface area contributed by atoms with E-state index in [1.54, 1.807) is 19.1 Å². The van der Waals surface area contributed by atoms with Gasteiger partial charge in [-0.2, -0.15) is 0 Å². The Labute approximate surface area is 96.3 Å². The van der Waals surface area contributed by atoms with Gasteiger partial charge in [0.1, 0.15) is 0 Å². The van der Waals surface area contributed by atoms with Gasteiger partial charge in [0.05, 0.1) is 12.2 Å². The van der Waals surface area contributed by atoms with Gasteiger partial charge in [-0.15, -0.1) is 0 Å². The van der Waals surface area contributed by atoms with E-state index in [1.165, 1.54) is 0 Å². The van der Waals surface area contributed by atoms with Crippen LogP contribution in [0.3, 0.4) is 0 Å². The van der Waals surface area contributed by atoms with E-state index < -0.39 is 0 Å². The Morgan fingerprint density at radius 3 is 2.79 bits per heavy atom. The molecule has 0 heterocycles. The molecule has 2 nitrogen and oxygen atoms in total. The normalized spacial score (nSPS) is 10.0. The molecule has 0 bridgehead atoms. The third-order valence-corrected chi connectivity index (χ3v) is 3.25. The van der Waals surface area contributed by atoms with Crippen LogP contribution in [0.2, 0.25) is 5.02 Å². The van der Waals surface area contributed by atoms with E-state index in [0.29, 0.717) is 21.7 Å². The maximum atomic E-state index is 11.4. The molecule has 0 amide bonds. The fourth-order valence-corrected chi connectivity index (χ4v) is 1.81. The van der Waals surface area contributed by atoms with Gasteiger partial charge in [0, 0.05) is 9.50 Å². The molecule has 0 fully saturated rings. The van der Waals surface area contributed by atoms with Crippen LogP contribution in [0.15, 0.2) is 16.6 Å². The minimum absolute atomic E-state index is 0.334. The van der Waals surface area contributed by atoms with E-state index in [0.717, 1.165) is 5.56 Å². The lowest BCUT2D eigenvalue weighted by molar-refractivity contribution is 0.0525. The van der Waals surface area contributed by atoms with Gasteiger partial charge in [0.2, 0.25) is 0 Å². The minimum Gasteiger partial charge on any atom is -0.462 e. The average molecular weight is 278 g/mol. The number of carbonyl (C=O) groups excluding carboxylic acids is 1. The van der Waals surface area contributed by atoms with E-state index in [4.69, 9.17) is 16.3 Å². The van der Waals surface area contributed by atoms with Crippen LogP contribution < -0.4 is 0 Å². The van der Waals surface area contributed by atoms with Crippen molar-refractivity contribution in [3.8, 4) is 0 Å². The number of esters is 1. The molecule has 76 valence electrons. The second-order valence-electron chi connectivity index (χ2n) is 2.75. The van der Waals surface area contributed by atoms with Crippen molar-refractivity contribution in [1.82, 2.24) is 0 Å². The van der Waals surface area contributed by atoms with Gasteiger partial charge >= 0.3 is 5.97 Å². The summed E-state index contributed by atoms with van der Waals surface area (Å²) < 4.78 is 5.59. The third kappa shape index (κ3) is 2.28. The number of carbonyl (C=O) groups is 1. The third-order valence-electron chi connectivity index (χ3n) is 1.82. The second kappa shape index (κ2) is 4.80. The Morgan fingerprint density at radius 1 is 1.57 bits per heavy atom. The lowest BCUT2D eigenvalue weighted by Crippen LogP contribution is -2.06. The van der Waals surface area contributed by atoms with Crippen LogP contribution in [0.5, 0.6) is 0 Å². The lowest BCUT2D eigenvalue weighted by atomic mass is 10.1. The molecule has 0 aliphatic carbocycles. The first-order valence-corrected chi connectivity index (χ1v) is 5.36. The highest BCUT2D eigenvalue weighted by Crippen LogP contribution is 2.27. The predicted molar refractivity (Wildman–Crippen MR) is 59.8 cm³/mol. The molecule has 1 aromatic carbocycles. The molecule has 0 unspecified atom stereocenters. The lowest BCUT2D eigenvalue weighted by Gasteiger charge is -2.07. The largest absolute Gasteiger partial charge is 0.462 e. The molecule has 0 atom stereocenters. The van der Waals surface area contributed by atoms with Gasteiger partial charge < -0.3 is 4.74 Å². The first-order valence-electron chi connectivity index (χ1n) is 4.19. The molecule has 14 heavy (non-hydrogen) atoms. The fraction of sp³-hybridized carbons (Fsp3) is 0.300. The van der Waals surface area contributed by atoms with Gasteiger partial charge in [0.25, 0.3) is 0 Å². The second-order valence-corrected chi connectivity index (χ2v) is 3.95. The Hall–Kier alpha value is -0.540. The maximum Gasteiger partial charge on any atom is 0.339 e. The van der Waals surface area contributed by atoms with Gasteiger partial charge in [-0.05, 0) is 47.5 Å². The molecule has 0 radical (unpaired) electrons. The van der Waals surface area contributed by atoms with Crippen molar-refractivity contribution in [2.45, 2.75) is 13.8 Å². The number of hydrogen-bond donors (Lipinski definition) is 0. The summed E-state index contributed by atoms with van der Waals surface area (Å²) in [4.78, 5) is 11.4. The Kier molecular flexibility index (Phi) is 3.96. The highest BCUT2D eigenvalue weighted by Gasteiger charge is 2.13. The Morgan fingerprint density at radius 2 is 2.21 bits per heavy atom. The number of hydrogen-bond acceptors (Lipinski definition) is 2. The van der Waals surface area contributed by atoms with E-state index in [9.17, 15) is 4.79 Å². The van der Waals surface area contributed by atoms with E-state index >= 15 is 0 Å². The van der Waals surface area contributed by atoms with E-state index in [1.807, 2.05) is 6.92 Å². The molecule has 0 spiro atoms. The van der Waals surface area contributed by atoms with Crippen molar-refractivity contribution in [2.24, 2.45) is 0 Å². The molecule has 4 heteroatoms. The number of rotatable bonds is 2. The van der Waals surface area contributed by atoms with Gasteiger partial charge in [-0.3, -0.25) is 0 Å². The van der Waals surface area contributed by atoms with Crippen LogP contribution in [-0.4, -0.2) is 12.6 Å². The molecule has 1 aromatic rings. The molecule has 0 saturated heterocycles. The zero-order valence-electron chi connectivity index (χ0n) is 7.93. The molecule has 0 saturated carbocycles. The van der Waals surface area contributed by atoms with Crippen molar-refractivity contribution in [1.29, 1.82) is 0 Å². The van der Waals surface area contributed by atoms with Crippen molar-refractivity contribution < 1.29 is 9.53 Å². The molecular weight excluding hydrogens is 267 g/mol. The van der Waals surface area contributed by atoms with Crippen molar-refractivity contribution in [3.05, 3.63) is 32.8 Å². The maximum absolute atomic E-state index is 11.4. The van der Waals surface area contributed by atoms with Crippen LogP contribution in [0, 0.1) is 6.92 Å². The van der Waals surface area contributed by atoms with Crippen LogP contribution in [0.1, 0.15) is 22.8 Å². The molecule has 0 aromatic heterocycles. The summed E-state index contributed by atoms with van der Waals surface area (Å²) in [6.07, 6.45) is 0. The fourth-order valence-electron chi connectivity index (χ4n) is 1.03. The Balaban J connectivity index is 3.11. The summed E-state index contributed by atoms with van der Waals surface area (Å²) in [5, 5.41) is 0.630. The van der Waals surface area contributed by atoms with Gasteiger partial charge in [0.15, 0.2) is 0 Å². The quantitative estimate of drug-likeness (QED) is 0.772. The minimum atomic E-state index is -0.334. The number of ether oxygens (including phenoxy) is 1. The molecule has 0 N–H and O–H groups in total. The predicted octanol–water partition coefficient (Wildman–Crippen LogP) is 3.59. The zero-order chi connectivity index (χ0) is 10.7. The summed E-state index contributed by atoms with van der Waals surface area (Å²) in [7, 11) is 0. The summed E-state index contributed by atoms with van der Waals surface area (Å²) in [6.45, 7) is 3.98. The monoisotopic (exact) mass is 276 g/mol. The van der Waals surface area contributed by atoms with E-state index in [2.05, 4.69) is 15.9 Å². The standard InChI is InChI=1S/C10H10BrClO2/c1-3-14-10(13)7-4-5-8(12)6(2)9(7)11/h4-5H,3H2,1-2H3. The summed E-state index contributed by atoms with van der Waals surface area (Å²) >= 11 is 9.20. The van der Waals surface area contributed by atoms with Gasteiger partial charge in [-0.1, -0.05) is 11.6 Å². The number of benzene rings is 1. The van der Waals surface area contributed by atoms with E-state index in [-0.39, 0.29) is 5.97 Å². The first kappa shape index (κ1) is 11.5. The highest BCUT2D eigenvalue weighted by atomic mass is 79.9. The van der Waals surface area contributed by atoms with Crippen LogP contribution >= 0.6 is 27.5 Å². The topological polar surface area (TPSA) is 26.3 Å². The first-order chi connectivity index (χ1) is 6.57. The summed E-state index contributed by atoms with van der Waals surface area (Å²) in [5.74, 6) is -0.334. The number of halogens is 2. The SMILES string of the molecule is CCOC(=O)c1ccc(Cl)c(C)c1Br. The average Bonchev–Trinajstić information content (AvgIpc) is 2.15.